The lowest BCUT2D eigenvalue weighted by Gasteiger charge is -2.31. The molecule has 0 saturated heterocycles. The summed E-state index contributed by atoms with van der Waals surface area (Å²) in [6.07, 6.45) is 2.91. The second-order valence-electron chi connectivity index (χ2n) is 6.77. The van der Waals surface area contributed by atoms with E-state index in [1.807, 2.05) is 27.7 Å². The van der Waals surface area contributed by atoms with Crippen LogP contribution in [0.5, 0.6) is 0 Å². The molecule has 1 N–H and O–H groups in total. The van der Waals surface area contributed by atoms with Gasteiger partial charge < -0.3 is 9.47 Å². The molecule has 0 aromatic heterocycles. The number of esters is 1. The third kappa shape index (κ3) is 9.10. The lowest BCUT2D eigenvalue weighted by molar-refractivity contribution is -0.151. The second kappa shape index (κ2) is 10.2. The molecule has 0 aromatic rings. The minimum absolute atomic E-state index is 0.172. The van der Waals surface area contributed by atoms with Crippen LogP contribution in [-0.4, -0.2) is 36.9 Å². The van der Waals surface area contributed by atoms with Crippen molar-refractivity contribution in [2.24, 2.45) is 5.92 Å². The van der Waals surface area contributed by atoms with Gasteiger partial charge in [0.15, 0.2) is 0 Å². The van der Waals surface area contributed by atoms with Crippen LogP contribution in [0.15, 0.2) is 0 Å². The topological polar surface area (TPSA) is 47.6 Å². The zero-order valence-electron chi connectivity index (χ0n) is 15.0. The molecule has 0 fully saturated rings. The van der Waals surface area contributed by atoms with Crippen molar-refractivity contribution < 1.29 is 14.3 Å². The van der Waals surface area contributed by atoms with E-state index in [4.69, 9.17) is 9.47 Å². The van der Waals surface area contributed by atoms with Gasteiger partial charge in [0.1, 0.15) is 5.54 Å². The third-order valence-corrected chi connectivity index (χ3v) is 3.36. The Hall–Kier alpha value is -0.610. The Kier molecular flexibility index (Phi) is 9.88. The van der Waals surface area contributed by atoms with Gasteiger partial charge in [-0.3, -0.25) is 10.1 Å². The van der Waals surface area contributed by atoms with E-state index in [9.17, 15) is 4.79 Å². The maximum Gasteiger partial charge on any atom is 0.326 e. The van der Waals surface area contributed by atoms with Crippen molar-refractivity contribution in [2.75, 3.05) is 13.2 Å². The lowest BCUT2D eigenvalue weighted by atomic mass is 9.95. The van der Waals surface area contributed by atoms with E-state index in [0.29, 0.717) is 19.1 Å². The molecule has 0 aliphatic rings. The summed E-state index contributed by atoms with van der Waals surface area (Å²) in [5.41, 5.74) is -0.630. The maximum absolute atomic E-state index is 12.1. The van der Waals surface area contributed by atoms with Gasteiger partial charge in [0.25, 0.3) is 0 Å². The molecule has 126 valence electrons. The minimum Gasteiger partial charge on any atom is -0.465 e. The first-order valence-corrected chi connectivity index (χ1v) is 8.27. The molecule has 2 unspecified atom stereocenters. The van der Waals surface area contributed by atoms with E-state index >= 15 is 0 Å². The van der Waals surface area contributed by atoms with Gasteiger partial charge in [-0.05, 0) is 59.8 Å². The highest BCUT2D eigenvalue weighted by atomic mass is 16.5. The normalized spacial score (nSPS) is 16.0. The molecule has 4 nitrogen and oxygen atoms in total. The van der Waals surface area contributed by atoms with Crippen molar-refractivity contribution in [2.45, 2.75) is 85.4 Å². The monoisotopic (exact) mass is 301 g/mol. The van der Waals surface area contributed by atoms with Crippen molar-refractivity contribution in [1.29, 1.82) is 0 Å². The number of hydrogen-bond acceptors (Lipinski definition) is 4. The fourth-order valence-electron chi connectivity index (χ4n) is 2.60. The first-order valence-electron chi connectivity index (χ1n) is 8.27. The van der Waals surface area contributed by atoms with Gasteiger partial charge in [-0.1, -0.05) is 13.8 Å². The van der Waals surface area contributed by atoms with E-state index in [1.54, 1.807) is 0 Å². The summed E-state index contributed by atoms with van der Waals surface area (Å²) in [6.45, 7) is 15.4. The van der Waals surface area contributed by atoms with Crippen LogP contribution in [0.4, 0.5) is 0 Å². The summed E-state index contributed by atoms with van der Waals surface area (Å²) < 4.78 is 11.0. The predicted molar refractivity (Wildman–Crippen MR) is 87.4 cm³/mol. The highest BCUT2D eigenvalue weighted by Gasteiger charge is 2.34. The molecule has 0 bridgehead atoms. The van der Waals surface area contributed by atoms with Gasteiger partial charge in [0.05, 0.1) is 12.7 Å². The number of carbonyl (C=O) groups excluding carboxylic acids is 1. The van der Waals surface area contributed by atoms with Crippen LogP contribution < -0.4 is 5.32 Å². The molecule has 21 heavy (non-hydrogen) atoms. The van der Waals surface area contributed by atoms with Crippen molar-refractivity contribution >= 4 is 5.97 Å². The molecule has 0 spiro atoms. The maximum atomic E-state index is 12.1. The van der Waals surface area contributed by atoms with Crippen LogP contribution in [0, 0.1) is 5.92 Å². The van der Waals surface area contributed by atoms with Crippen LogP contribution in [0.3, 0.4) is 0 Å². The lowest BCUT2D eigenvalue weighted by Crippen LogP contribution is -2.53. The molecule has 0 heterocycles. The largest absolute Gasteiger partial charge is 0.465 e. The Bertz CT molecular complexity index is 292. The summed E-state index contributed by atoms with van der Waals surface area (Å²) in [4.78, 5) is 12.1. The summed E-state index contributed by atoms with van der Waals surface area (Å²) in [5.74, 6) is 0.473. The van der Waals surface area contributed by atoms with Crippen LogP contribution in [0.25, 0.3) is 0 Å². The van der Waals surface area contributed by atoms with E-state index in [0.717, 1.165) is 19.3 Å². The summed E-state index contributed by atoms with van der Waals surface area (Å²) in [7, 11) is 0. The Morgan fingerprint density at radius 3 is 2.29 bits per heavy atom. The van der Waals surface area contributed by atoms with Gasteiger partial charge in [-0.15, -0.1) is 0 Å². The Morgan fingerprint density at radius 2 is 1.81 bits per heavy atom. The SMILES string of the molecule is CCOC(=O)C(C)(CCCOC(C)CC(C)C)NC(C)C. The quantitative estimate of drug-likeness (QED) is 0.468. The van der Waals surface area contributed by atoms with E-state index in [1.165, 1.54) is 0 Å². The van der Waals surface area contributed by atoms with Crippen molar-refractivity contribution in [1.82, 2.24) is 5.32 Å². The van der Waals surface area contributed by atoms with Crippen LogP contribution in [0.2, 0.25) is 0 Å². The first-order chi connectivity index (χ1) is 9.71. The summed E-state index contributed by atoms with van der Waals surface area (Å²) >= 11 is 0. The standard InChI is InChI=1S/C17H35NO3/c1-8-20-16(19)17(7,18-14(4)5)10-9-11-21-15(6)12-13(2)3/h13-15,18H,8-12H2,1-7H3. The third-order valence-electron chi connectivity index (χ3n) is 3.36. The van der Waals surface area contributed by atoms with E-state index < -0.39 is 5.54 Å². The molecular weight excluding hydrogens is 266 g/mol. The predicted octanol–water partition coefficient (Wildman–Crippen LogP) is 3.54. The molecule has 0 saturated carbocycles. The van der Waals surface area contributed by atoms with Crippen molar-refractivity contribution in [3.8, 4) is 0 Å². The zero-order valence-corrected chi connectivity index (χ0v) is 15.0. The number of carbonyl (C=O) groups is 1. The molecule has 0 amide bonds. The zero-order chi connectivity index (χ0) is 16.5. The average molecular weight is 301 g/mol. The Morgan fingerprint density at radius 1 is 1.19 bits per heavy atom. The molecule has 2 atom stereocenters. The second-order valence-corrected chi connectivity index (χ2v) is 6.77. The molecule has 4 heteroatoms. The van der Waals surface area contributed by atoms with Crippen LogP contribution in [0.1, 0.15) is 67.7 Å². The summed E-state index contributed by atoms with van der Waals surface area (Å²) in [6, 6.07) is 0.236. The highest BCUT2D eigenvalue weighted by molar-refractivity contribution is 5.80. The van der Waals surface area contributed by atoms with Gasteiger partial charge >= 0.3 is 5.97 Å². The smallest absolute Gasteiger partial charge is 0.326 e. The van der Waals surface area contributed by atoms with Crippen LogP contribution in [-0.2, 0) is 14.3 Å². The first kappa shape index (κ1) is 20.4. The fourth-order valence-corrected chi connectivity index (χ4v) is 2.60. The van der Waals surface area contributed by atoms with Gasteiger partial charge in [0.2, 0.25) is 0 Å². The van der Waals surface area contributed by atoms with Gasteiger partial charge in [-0.2, -0.15) is 0 Å². The molecule has 0 rings (SSSR count). The number of rotatable bonds is 11. The molecule has 0 radical (unpaired) electrons. The minimum atomic E-state index is -0.630. The molecule has 0 aromatic carbocycles. The Labute approximate surface area is 131 Å². The van der Waals surface area contributed by atoms with E-state index in [2.05, 4.69) is 26.1 Å². The van der Waals surface area contributed by atoms with Gasteiger partial charge in [-0.25, -0.2) is 0 Å². The number of nitrogens with one attached hydrogen (secondary N) is 1. The van der Waals surface area contributed by atoms with Gasteiger partial charge in [0, 0.05) is 12.6 Å². The highest BCUT2D eigenvalue weighted by Crippen LogP contribution is 2.17. The molecular formula is C17H35NO3. The summed E-state index contributed by atoms with van der Waals surface area (Å²) in [5, 5.41) is 3.33. The molecule has 0 aliphatic heterocycles. The molecule has 0 aliphatic carbocycles. The van der Waals surface area contributed by atoms with Crippen molar-refractivity contribution in [3.05, 3.63) is 0 Å². The van der Waals surface area contributed by atoms with Crippen LogP contribution >= 0.6 is 0 Å². The number of ether oxygens (including phenoxy) is 2. The van der Waals surface area contributed by atoms with E-state index in [-0.39, 0.29) is 18.1 Å². The number of hydrogen-bond donors (Lipinski definition) is 1. The Balaban J connectivity index is 4.27. The fraction of sp³-hybridized carbons (Fsp3) is 0.941. The van der Waals surface area contributed by atoms with Crippen molar-refractivity contribution in [3.63, 3.8) is 0 Å². The average Bonchev–Trinajstić information content (AvgIpc) is 2.33.